The fourth-order valence-corrected chi connectivity index (χ4v) is 9.18. The summed E-state index contributed by atoms with van der Waals surface area (Å²) in [5.41, 5.74) is 1.24. The van der Waals surface area contributed by atoms with Crippen molar-refractivity contribution in [3.8, 4) is 17.3 Å². The maximum Gasteiger partial charge on any atom is 0.508 e. The molecule has 246 valence electrons. The van der Waals surface area contributed by atoms with Crippen molar-refractivity contribution in [2.75, 3.05) is 44.3 Å². The highest BCUT2D eigenvalue weighted by atomic mass is 35.5. The van der Waals surface area contributed by atoms with Crippen LogP contribution in [0.3, 0.4) is 0 Å². The average molecular weight is 666 g/mol. The molecule has 1 saturated carbocycles. The number of alkyl halides is 1. The quantitative estimate of drug-likeness (QED) is 0.270. The summed E-state index contributed by atoms with van der Waals surface area (Å²) in [6.07, 6.45) is 7.06. The van der Waals surface area contributed by atoms with Crippen molar-refractivity contribution >= 4 is 45.4 Å². The molecule has 0 radical (unpaired) electrons. The summed E-state index contributed by atoms with van der Waals surface area (Å²) in [7, 11) is 0. The molecular formula is C33H34ClF2N7O4. The number of fused-ring (bicyclic) bond motifs is 2. The number of aromatic amines is 1. The molecule has 1 aliphatic carbocycles. The molecule has 7 aliphatic rings. The average Bonchev–Trinajstić information content (AvgIpc) is 3.73. The van der Waals surface area contributed by atoms with Gasteiger partial charge in [0.1, 0.15) is 35.9 Å². The van der Waals surface area contributed by atoms with Crippen LogP contribution in [0.2, 0.25) is 5.02 Å². The predicted octanol–water partition coefficient (Wildman–Crippen LogP) is 5.77. The fraction of sp³-hybridized carbons (Fsp3) is 0.545. The Kier molecular flexibility index (Phi) is 6.76. The number of rotatable bonds is 3. The molecule has 0 unspecified atom stereocenters. The fourth-order valence-electron chi connectivity index (χ4n) is 8.88. The number of halogens is 3. The number of aromatic nitrogens is 5. The van der Waals surface area contributed by atoms with E-state index in [4.69, 9.17) is 30.8 Å². The number of nitrogens with zero attached hydrogens (tertiary/aromatic N) is 6. The zero-order valence-electron chi connectivity index (χ0n) is 25.7. The van der Waals surface area contributed by atoms with Crippen molar-refractivity contribution in [2.45, 2.75) is 69.2 Å². The molecule has 7 bridgehead atoms. The number of piperidine rings is 1. The predicted molar refractivity (Wildman–Crippen MR) is 169 cm³/mol. The van der Waals surface area contributed by atoms with E-state index in [0.29, 0.717) is 77.2 Å². The summed E-state index contributed by atoms with van der Waals surface area (Å²) in [6.45, 7) is 2.81. The van der Waals surface area contributed by atoms with Crippen molar-refractivity contribution in [3.63, 3.8) is 0 Å². The maximum atomic E-state index is 17.1. The Morgan fingerprint density at radius 2 is 2.00 bits per heavy atom. The van der Waals surface area contributed by atoms with Gasteiger partial charge in [-0.3, -0.25) is 15.0 Å². The van der Waals surface area contributed by atoms with E-state index in [9.17, 15) is 9.18 Å². The van der Waals surface area contributed by atoms with E-state index >= 15 is 4.39 Å². The molecule has 47 heavy (non-hydrogen) atoms. The van der Waals surface area contributed by atoms with Crippen molar-refractivity contribution in [2.24, 2.45) is 5.41 Å². The minimum absolute atomic E-state index is 0.0153. The third-order valence-electron chi connectivity index (χ3n) is 11.0. The lowest BCUT2D eigenvalue weighted by molar-refractivity contribution is -0.0717. The van der Waals surface area contributed by atoms with E-state index < -0.39 is 23.7 Å². The number of nitrogens with one attached hydrogen (secondary N) is 1. The second-order valence-corrected chi connectivity index (χ2v) is 14.3. The van der Waals surface area contributed by atoms with Gasteiger partial charge in [-0.2, -0.15) is 15.1 Å². The van der Waals surface area contributed by atoms with Crippen molar-refractivity contribution < 1.29 is 27.8 Å². The standard InChI is InChI=1S/C33H34ClF2N7O4/c34-23-9-24-21(14-38-41-24)25-20(23)3-8-45-31(44)47-19-11-32(12-19)4-1-6-42(16-32)29-22-13-37-28(25)26(36)27(22)39-30(40-29)46-17-33-5-2-7-43(33)15-18(35)10-33/h9,13-14,18-19H,1-8,10-12,15-17H2,(H,38,41)/t18-,19?,32?,33-/m1/s1. The number of H-pyrrole nitrogens is 1. The van der Waals surface area contributed by atoms with Crippen molar-refractivity contribution in [3.05, 3.63) is 34.9 Å². The minimum atomic E-state index is -0.902. The highest BCUT2D eigenvalue weighted by Gasteiger charge is 2.50. The van der Waals surface area contributed by atoms with Crippen LogP contribution in [0.15, 0.2) is 18.5 Å². The van der Waals surface area contributed by atoms with E-state index in [1.807, 2.05) is 0 Å². The van der Waals surface area contributed by atoms with Crippen molar-refractivity contribution in [1.29, 1.82) is 0 Å². The van der Waals surface area contributed by atoms with Crippen LogP contribution in [0.5, 0.6) is 6.01 Å². The Balaban J connectivity index is 1.20. The Morgan fingerprint density at radius 3 is 2.89 bits per heavy atom. The van der Waals surface area contributed by atoms with Crippen LogP contribution in [0.4, 0.5) is 19.4 Å². The van der Waals surface area contributed by atoms with Gasteiger partial charge in [-0.05, 0) is 62.1 Å². The Hall–Kier alpha value is -3.84. The van der Waals surface area contributed by atoms with Gasteiger partial charge in [-0.15, -0.1) is 0 Å². The van der Waals surface area contributed by atoms with Gasteiger partial charge in [0.15, 0.2) is 5.82 Å². The first kappa shape index (κ1) is 29.3. The van der Waals surface area contributed by atoms with Crippen molar-refractivity contribution in [1.82, 2.24) is 30.0 Å². The highest BCUT2D eigenvalue weighted by molar-refractivity contribution is 6.33. The second-order valence-electron chi connectivity index (χ2n) is 13.9. The molecule has 11 nitrogen and oxygen atoms in total. The largest absolute Gasteiger partial charge is 0.508 e. The smallest absolute Gasteiger partial charge is 0.461 e. The summed E-state index contributed by atoms with van der Waals surface area (Å²) in [5.74, 6) is -0.0992. The zero-order chi connectivity index (χ0) is 31.9. The molecule has 3 saturated heterocycles. The lowest BCUT2D eigenvalue weighted by Gasteiger charge is -2.52. The van der Waals surface area contributed by atoms with Crippen LogP contribution in [0, 0.1) is 11.2 Å². The maximum absolute atomic E-state index is 17.1. The first-order valence-corrected chi connectivity index (χ1v) is 16.8. The van der Waals surface area contributed by atoms with Gasteiger partial charge in [0.05, 0.1) is 29.2 Å². The lowest BCUT2D eigenvalue weighted by Crippen LogP contribution is -2.53. The monoisotopic (exact) mass is 665 g/mol. The molecule has 1 N–H and O–H groups in total. The van der Waals surface area contributed by atoms with Crippen LogP contribution in [0.1, 0.15) is 50.5 Å². The zero-order valence-corrected chi connectivity index (χ0v) is 26.5. The number of benzene rings is 1. The normalized spacial score (nSPS) is 29.0. The third kappa shape index (κ3) is 4.79. The molecular weight excluding hydrogens is 632 g/mol. The van der Waals surface area contributed by atoms with Gasteiger partial charge in [-0.25, -0.2) is 13.6 Å². The molecule has 1 spiro atoms. The van der Waals surface area contributed by atoms with Crippen LogP contribution >= 0.6 is 11.6 Å². The molecule has 2 atom stereocenters. The first-order chi connectivity index (χ1) is 22.8. The van der Waals surface area contributed by atoms with Gasteiger partial charge in [0, 0.05) is 54.6 Å². The van der Waals surface area contributed by atoms with Crippen LogP contribution in [0.25, 0.3) is 33.1 Å². The molecule has 11 rings (SSSR count). The summed E-state index contributed by atoms with van der Waals surface area (Å²) in [4.78, 5) is 31.2. The third-order valence-corrected chi connectivity index (χ3v) is 11.4. The molecule has 4 fully saturated rings. The number of carbonyl (C=O) groups is 1. The summed E-state index contributed by atoms with van der Waals surface area (Å²) in [5, 5.41) is 8.52. The number of ether oxygens (including phenoxy) is 3. The first-order valence-electron chi connectivity index (χ1n) is 16.4. The summed E-state index contributed by atoms with van der Waals surface area (Å²) >= 11 is 6.76. The Bertz CT molecular complexity index is 1920. The molecule has 1 aromatic carbocycles. The summed E-state index contributed by atoms with van der Waals surface area (Å²) in [6, 6.07) is 1.77. The molecule has 3 aromatic heterocycles. The molecule has 4 aromatic rings. The number of pyridine rings is 1. The van der Waals surface area contributed by atoms with Gasteiger partial charge in [0.2, 0.25) is 0 Å². The van der Waals surface area contributed by atoms with Crippen LogP contribution < -0.4 is 9.64 Å². The van der Waals surface area contributed by atoms with Gasteiger partial charge in [0.25, 0.3) is 0 Å². The minimum Gasteiger partial charge on any atom is -0.461 e. The highest BCUT2D eigenvalue weighted by Crippen LogP contribution is 2.50. The molecule has 14 heteroatoms. The van der Waals surface area contributed by atoms with Gasteiger partial charge >= 0.3 is 12.2 Å². The summed E-state index contributed by atoms with van der Waals surface area (Å²) < 4.78 is 49.0. The molecule has 9 heterocycles. The van der Waals surface area contributed by atoms with Crippen LogP contribution in [-0.4, -0.2) is 93.4 Å². The molecule has 0 amide bonds. The van der Waals surface area contributed by atoms with Gasteiger partial charge in [-0.1, -0.05) is 11.6 Å². The van der Waals surface area contributed by atoms with E-state index in [1.54, 1.807) is 18.5 Å². The topological polar surface area (TPSA) is 119 Å². The van der Waals surface area contributed by atoms with E-state index in [2.05, 4.69) is 30.0 Å². The second kappa shape index (κ2) is 10.8. The van der Waals surface area contributed by atoms with Crippen LogP contribution in [-0.2, 0) is 15.9 Å². The SMILES string of the molecule is O=C1OCCc2c(Cl)cc3[nH]ncc3c2-c2ncc3c(nc(OC[C@]45CCCN4C[C@H](F)C5)nc3c2F)N2CCCC3(CC(C3)O1)C2. The lowest BCUT2D eigenvalue weighted by atomic mass is 9.62. The van der Waals surface area contributed by atoms with E-state index in [0.717, 1.165) is 32.2 Å². The van der Waals surface area contributed by atoms with E-state index in [1.165, 1.54) is 0 Å². The molecule has 6 aliphatic heterocycles. The Labute approximate surface area is 273 Å². The number of carbonyl (C=O) groups excluding carboxylic acids is 1. The number of anilines is 1. The van der Waals surface area contributed by atoms with E-state index in [-0.39, 0.29) is 48.4 Å². The number of hydrogen-bond acceptors (Lipinski definition) is 10. The van der Waals surface area contributed by atoms with Gasteiger partial charge < -0.3 is 19.1 Å². The Morgan fingerprint density at radius 1 is 1.13 bits per heavy atom. The number of hydrogen-bond donors (Lipinski definition) is 1.